The summed E-state index contributed by atoms with van der Waals surface area (Å²) >= 11 is 2.11. The highest BCUT2D eigenvalue weighted by Gasteiger charge is 2.13. The van der Waals surface area contributed by atoms with Gasteiger partial charge in [0.25, 0.3) is 0 Å². The Labute approximate surface area is 95.4 Å². The van der Waals surface area contributed by atoms with Gasteiger partial charge in [-0.05, 0) is 29.5 Å². The molecule has 0 aromatic carbocycles. The number of carbonyl (C=O) groups excluding carboxylic acids is 1. The number of anilines is 1. The van der Waals surface area contributed by atoms with Crippen LogP contribution >= 0.6 is 22.6 Å². The lowest BCUT2D eigenvalue weighted by molar-refractivity contribution is -0.141. The van der Waals surface area contributed by atoms with E-state index in [0.29, 0.717) is 5.95 Å². The lowest BCUT2D eigenvalue weighted by Gasteiger charge is -2.10. The fourth-order valence-corrected chi connectivity index (χ4v) is 1.09. The second-order valence-corrected chi connectivity index (χ2v) is 3.86. The SMILES string of the molecule is COC(=O)C(C)Nc1ncc(I)cn1. The van der Waals surface area contributed by atoms with E-state index in [1.165, 1.54) is 7.11 Å². The molecule has 1 rings (SSSR count). The first-order valence-corrected chi connectivity index (χ1v) is 5.03. The second kappa shape index (κ2) is 5.08. The lowest BCUT2D eigenvalue weighted by Crippen LogP contribution is -2.28. The normalized spacial score (nSPS) is 11.9. The summed E-state index contributed by atoms with van der Waals surface area (Å²) < 4.78 is 5.49. The van der Waals surface area contributed by atoms with Gasteiger partial charge in [0.15, 0.2) is 0 Å². The number of halogens is 1. The first-order valence-electron chi connectivity index (χ1n) is 3.95. The average molecular weight is 307 g/mol. The maximum atomic E-state index is 11.0. The topological polar surface area (TPSA) is 64.1 Å². The van der Waals surface area contributed by atoms with Crippen LogP contribution in [-0.2, 0) is 9.53 Å². The summed E-state index contributed by atoms with van der Waals surface area (Å²) in [5, 5.41) is 2.82. The summed E-state index contributed by atoms with van der Waals surface area (Å²) in [6.45, 7) is 1.69. The standard InChI is InChI=1S/C8H10IN3O2/c1-5(7(13)14-2)12-8-10-3-6(9)4-11-8/h3-5H,1-2H3,(H,10,11,12). The van der Waals surface area contributed by atoms with Gasteiger partial charge in [-0.25, -0.2) is 14.8 Å². The molecule has 0 saturated heterocycles. The van der Waals surface area contributed by atoms with Crippen LogP contribution in [0.3, 0.4) is 0 Å². The van der Waals surface area contributed by atoms with Crippen LogP contribution in [0.4, 0.5) is 5.95 Å². The van der Waals surface area contributed by atoms with Crippen molar-refractivity contribution >= 4 is 34.5 Å². The molecule has 1 atom stereocenters. The number of nitrogens with zero attached hydrogens (tertiary/aromatic N) is 2. The van der Waals surface area contributed by atoms with Crippen LogP contribution in [0.15, 0.2) is 12.4 Å². The van der Waals surface area contributed by atoms with E-state index in [4.69, 9.17) is 0 Å². The highest BCUT2D eigenvalue weighted by atomic mass is 127. The maximum absolute atomic E-state index is 11.0. The van der Waals surface area contributed by atoms with Gasteiger partial charge >= 0.3 is 5.97 Å². The first-order chi connectivity index (χ1) is 6.63. The summed E-state index contributed by atoms with van der Waals surface area (Å²) in [7, 11) is 1.34. The summed E-state index contributed by atoms with van der Waals surface area (Å²) in [5.41, 5.74) is 0. The Morgan fingerprint density at radius 3 is 2.64 bits per heavy atom. The van der Waals surface area contributed by atoms with Gasteiger partial charge in [0.2, 0.25) is 5.95 Å². The van der Waals surface area contributed by atoms with Crippen LogP contribution in [0, 0.1) is 3.57 Å². The van der Waals surface area contributed by atoms with Gasteiger partial charge in [-0.1, -0.05) is 0 Å². The van der Waals surface area contributed by atoms with E-state index in [1.807, 2.05) is 0 Å². The Hall–Kier alpha value is -0.920. The molecule has 1 heterocycles. The van der Waals surface area contributed by atoms with Gasteiger partial charge in [0.1, 0.15) is 6.04 Å². The van der Waals surface area contributed by atoms with Gasteiger partial charge in [0, 0.05) is 16.0 Å². The summed E-state index contributed by atoms with van der Waals surface area (Å²) in [5.74, 6) is 0.0791. The average Bonchev–Trinajstić information content (AvgIpc) is 2.20. The van der Waals surface area contributed by atoms with E-state index >= 15 is 0 Å². The van der Waals surface area contributed by atoms with Gasteiger partial charge in [0.05, 0.1) is 7.11 Å². The van der Waals surface area contributed by atoms with Crippen LogP contribution in [0.25, 0.3) is 0 Å². The van der Waals surface area contributed by atoms with Gasteiger partial charge < -0.3 is 10.1 Å². The quantitative estimate of drug-likeness (QED) is 0.668. The molecule has 1 unspecified atom stereocenters. The molecule has 0 saturated carbocycles. The highest BCUT2D eigenvalue weighted by molar-refractivity contribution is 14.1. The van der Waals surface area contributed by atoms with Crippen molar-refractivity contribution in [2.45, 2.75) is 13.0 Å². The van der Waals surface area contributed by atoms with Crippen molar-refractivity contribution in [2.24, 2.45) is 0 Å². The zero-order valence-electron chi connectivity index (χ0n) is 7.82. The smallest absolute Gasteiger partial charge is 0.328 e. The number of ether oxygens (including phenoxy) is 1. The minimum Gasteiger partial charge on any atom is -0.467 e. The number of aromatic nitrogens is 2. The molecule has 1 aromatic heterocycles. The third-order valence-electron chi connectivity index (χ3n) is 1.52. The van der Waals surface area contributed by atoms with E-state index in [1.54, 1.807) is 19.3 Å². The molecule has 0 spiro atoms. The lowest BCUT2D eigenvalue weighted by atomic mass is 10.3. The number of methoxy groups -OCH3 is 1. The Morgan fingerprint density at radius 2 is 2.14 bits per heavy atom. The van der Waals surface area contributed by atoms with Crippen molar-refractivity contribution in [3.05, 3.63) is 16.0 Å². The van der Waals surface area contributed by atoms with E-state index in [2.05, 4.69) is 42.6 Å². The van der Waals surface area contributed by atoms with Gasteiger partial charge in [-0.2, -0.15) is 0 Å². The van der Waals surface area contributed by atoms with Crippen LogP contribution in [0.2, 0.25) is 0 Å². The molecule has 1 aromatic rings. The summed E-state index contributed by atoms with van der Waals surface area (Å²) in [4.78, 5) is 19.0. The molecule has 5 nitrogen and oxygen atoms in total. The predicted octanol–water partition coefficient (Wildman–Crippen LogP) is 1.05. The molecule has 0 aliphatic carbocycles. The third-order valence-corrected chi connectivity index (χ3v) is 2.08. The Kier molecular flexibility index (Phi) is 4.05. The summed E-state index contributed by atoms with van der Waals surface area (Å²) in [6, 6.07) is -0.444. The van der Waals surface area contributed by atoms with Crippen molar-refractivity contribution in [2.75, 3.05) is 12.4 Å². The van der Waals surface area contributed by atoms with Crippen molar-refractivity contribution in [1.29, 1.82) is 0 Å². The highest BCUT2D eigenvalue weighted by Crippen LogP contribution is 2.04. The molecule has 6 heteroatoms. The van der Waals surface area contributed by atoms with Crippen LogP contribution < -0.4 is 5.32 Å². The number of rotatable bonds is 3. The van der Waals surface area contributed by atoms with Crippen LogP contribution in [-0.4, -0.2) is 29.1 Å². The molecule has 0 fully saturated rings. The zero-order valence-corrected chi connectivity index (χ0v) is 9.98. The van der Waals surface area contributed by atoms with Gasteiger partial charge in [-0.3, -0.25) is 0 Å². The number of hydrogen-bond acceptors (Lipinski definition) is 5. The molecule has 0 bridgehead atoms. The van der Waals surface area contributed by atoms with Crippen molar-refractivity contribution in [3.63, 3.8) is 0 Å². The molecule has 1 N–H and O–H groups in total. The Bertz CT molecular complexity index is 315. The molecule has 76 valence electrons. The van der Waals surface area contributed by atoms with Crippen LogP contribution in [0.5, 0.6) is 0 Å². The van der Waals surface area contributed by atoms with Gasteiger partial charge in [-0.15, -0.1) is 0 Å². The third kappa shape index (κ3) is 3.09. The van der Waals surface area contributed by atoms with Crippen LogP contribution in [0.1, 0.15) is 6.92 Å². The number of hydrogen-bond donors (Lipinski definition) is 1. The molecule has 14 heavy (non-hydrogen) atoms. The number of esters is 1. The van der Waals surface area contributed by atoms with Crippen molar-refractivity contribution in [3.8, 4) is 0 Å². The van der Waals surface area contributed by atoms with E-state index in [9.17, 15) is 4.79 Å². The molecule has 0 amide bonds. The van der Waals surface area contributed by atoms with Crippen molar-refractivity contribution in [1.82, 2.24) is 9.97 Å². The van der Waals surface area contributed by atoms with Crippen molar-refractivity contribution < 1.29 is 9.53 Å². The number of nitrogens with one attached hydrogen (secondary N) is 1. The Morgan fingerprint density at radius 1 is 1.57 bits per heavy atom. The van der Waals surface area contributed by atoms with E-state index < -0.39 is 6.04 Å². The monoisotopic (exact) mass is 307 g/mol. The number of carbonyl (C=O) groups is 1. The largest absolute Gasteiger partial charge is 0.467 e. The fraction of sp³-hybridized carbons (Fsp3) is 0.375. The maximum Gasteiger partial charge on any atom is 0.328 e. The zero-order chi connectivity index (χ0) is 10.6. The molecule has 0 radical (unpaired) electrons. The first kappa shape index (κ1) is 11.2. The fourth-order valence-electron chi connectivity index (χ4n) is 0.816. The minimum absolute atomic E-state index is 0.341. The molecular formula is C8H10IN3O2. The molecular weight excluding hydrogens is 297 g/mol. The minimum atomic E-state index is -0.444. The molecule has 0 aliphatic heterocycles. The van der Waals surface area contributed by atoms with E-state index in [-0.39, 0.29) is 5.97 Å². The van der Waals surface area contributed by atoms with E-state index in [0.717, 1.165) is 3.57 Å². The Balaban J connectivity index is 2.60. The predicted molar refractivity (Wildman–Crippen MR) is 59.8 cm³/mol. The second-order valence-electron chi connectivity index (χ2n) is 2.61. The molecule has 0 aliphatic rings. The summed E-state index contributed by atoms with van der Waals surface area (Å²) in [6.07, 6.45) is 3.33.